The number of rotatable bonds is 4. The second kappa shape index (κ2) is 7.46. The van der Waals surface area contributed by atoms with Crippen LogP contribution in [0.1, 0.15) is 22.5 Å². The number of aryl methyl sites for hydroxylation is 1. The fourth-order valence-electron chi connectivity index (χ4n) is 3.58. The lowest BCUT2D eigenvalue weighted by atomic mass is 10.0. The number of aromatic nitrogens is 4. The maximum atomic E-state index is 13.4. The van der Waals surface area contributed by atoms with Crippen molar-refractivity contribution >= 4 is 5.91 Å². The number of halogens is 2. The van der Waals surface area contributed by atoms with E-state index in [4.69, 9.17) is 0 Å². The highest BCUT2D eigenvalue weighted by molar-refractivity contribution is 5.94. The predicted octanol–water partition coefficient (Wildman–Crippen LogP) is 2.86. The molecule has 0 N–H and O–H groups in total. The van der Waals surface area contributed by atoms with Gasteiger partial charge in [0.25, 0.3) is 5.91 Å². The van der Waals surface area contributed by atoms with Crippen molar-refractivity contribution in [3.8, 4) is 11.5 Å². The van der Waals surface area contributed by atoms with Gasteiger partial charge in [0.05, 0.1) is 0 Å². The molecule has 1 aliphatic heterocycles. The predicted molar refractivity (Wildman–Crippen MR) is 98.3 cm³/mol. The van der Waals surface area contributed by atoms with E-state index >= 15 is 0 Å². The van der Waals surface area contributed by atoms with E-state index in [1.807, 2.05) is 23.9 Å². The topological polar surface area (TPSA) is 63.9 Å². The molecule has 0 bridgehead atoms. The number of imidazole rings is 1. The Hall–Kier alpha value is -3.16. The molecular weight excluding hydrogens is 364 g/mol. The van der Waals surface area contributed by atoms with E-state index in [0.717, 1.165) is 41.8 Å². The Kier molecular flexibility index (Phi) is 4.85. The number of carbonyl (C=O) groups excluding carboxylic acids is 1. The van der Waals surface area contributed by atoms with Gasteiger partial charge < -0.3 is 9.47 Å². The molecule has 2 aromatic heterocycles. The first-order valence-corrected chi connectivity index (χ1v) is 9.03. The normalized spacial score (nSPS) is 16.5. The van der Waals surface area contributed by atoms with Gasteiger partial charge in [0.1, 0.15) is 23.7 Å². The van der Waals surface area contributed by atoms with Crippen LogP contribution in [0.3, 0.4) is 0 Å². The molecule has 28 heavy (non-hydrogen) atoms. The highest BCUT2D eigenvalue weighted by Gasteiger charge is 2.28. The molecule has 1 aromatic carbocycles. The first kappa shape index (κ1) is 18.2. The van der Waals surface area contributed by atoms with Crippen molar-refractivity contribution in [2.45, 2.75) is 12.8 Å². The third-order valence-electron chi connectivity index (χ3n) is 4.95. The maximum Gasteiger partial charge on any atom is 0.254 e. The van der Waals surface area contributed by atoms with Gasteiger partial charge in [0.15, 0.2) is 5.82 Å². The molecule has 6 nitrogen and oxygen atoms in total. The third-order valence-corrected chi connectivity index (χ3v) is 4.95. The highest BCUT2D eigenvalue weighted by atomic mass is 19.1. The van der Waals surface area contributed by atoms with E-state index in [9.17, 15) is 13.6 Å². The zero-order valence-corrected chi connectivity index (χ0v) is 15.3. The van der Waals surface area contributed by atoms with Crippen LogP contribution in [0.15, 0.2) is 43.0 Å². The molecule has 1 aliphatic rings. The SMILES string of the molecule is Cn1ccnc1-c1cc(C[C@@H]2CCN(C(=O)c3cc(F)cc(F)c3)C2)ncn1. The third kappa shape index (κ3) is 3.76. The molecule has 1 fully saturated rings. The molecule has 3 aromatic rings. The number of nitrogens with zero attached hydrogens (tertiary/aromatic N) is 5. The van der Waals surface area contributed by atoms with Gasteiger partial charge >= 0.3 is 0 Å². The quantitative estimate of drug-likeness (QED) is 0.695. The van der Waals surface area contributed by atoms with Crippen LogP contribution in [0.4, 0.5) is 8.78 Å². The molecule has 0 aliphatic carbocycles. The Morgan fingerprint density at radius 1 is 1.14 bits per heavy atom. The molecule has 1 saturated heterocycles. The van der Waals surface area contributed by atoms with Crippen molar-refractivity contribution in [1.29, 1.82) is 0 Å². The lowest BCUT2D eigenvalue weighted by Crippen LogP contribution is -2.29. The molecule has 0 spiro atoms. The van der Waals surface area contributed by atoms with E-state index in [0.29, 0.717) is 19.5 Å². The van der Waals surface area contributed by atoms with Crippen molar-refractivity contribution < 1.29 is 13.6 Å². The molecule has 1 amide bonds. The van der Waals surface area contributed by atoms with Crippen molar-refractivity contribution in [2.75, 3.05) is 13.1 Å². The number of likely N-dealkylation sites (tertiary alicyclic amines) is 1. The minimum atomic E-state index is -0.748. The van der Waals surface area contributed by atoms with E-state index in [1.54, 1.807) is 11.1 Å². The van der Waals surface area contributed by atoms with E-state index < -0.39 is 11.6 Å². The minimum absolute atomic E-state index is 0.0391. The Balaban J connectivity index is 1.44. The summed E-state index contributed by atoms with van der Waals surface area (Å²) < 4.78 is 28.7. The fourth-order valence-corrected chi connectivity index (χ4v) is 3.58. The first-order chi connectivity index (χ1) is 13.5. The van der Waals surface area contributed by atoms with Crippen LogP contribution in [0.2, 0.25) is 0 Å². The minimum Gasteiger partial charge on any atom is -0.338 e. The lowest BCUT2D eigenvalue weighted by Gasteiger charge is -2.17. The van der Waals surface area contributed by atoms with Crippen LogP contribution < -0.4 is 0 Å². The van der Waals surface area contributed by atoms with E-state index in [1.165, 1.54) is 6.33 Å². The van der Waals surface area contributed by atoms with Crippen LogP contribution in [0, 0.1) is 17.6 Å². The van der Waals surface area contributed by atoms with Crippen molar-refractivity contribution in [1.82, 2.24) is 24.4 Å². The molecule has 144 valence electrons. The summed E-state index contributed by atoms with van der Waals surface area (Å²) in [5, 5.41) is 0. The Bertz CT molecular complexity index is 999. The fraction of sp³-hybridized carbons (Fsp3) is 0.300. The largest absolute Gasteiger partial charge is 0.338 e. The summed E-state index contributed by atoms with van der Waals surface area (Å²) in [7, 11) is 1.90. The molecule has 1 atom stereocenters. The Labute approximate surface area is 160 Å². The van der Waals surface area contributed by atoms with Gasteiger partial charge in [-0.25, -0.2) is 23.7 Å². The molecule has 0 unspecified atom stereocenters. The van der Waals surface area contributed by atoms with Gasteiger partial charge in [-0.3, -0.25) is 4.79 Å². The zero-order chi connectivity index (χ0) is 19.7. The lowest BCUT2D eigenvalue weighted by molar-refractivity contribution is 0.0786. The highest BCUT2D eigenvalue weighted by Crippen LogP contribution is 2.23. The van der Waals surface area contributed by atoms with Gasteiger partial charge in [-0.15, -0.1) is 0 Å². The number of hydrogen-bond donors (Lipinski definition) is 0. The molecule has 0 saturated carbocycles. The summed E-state index contributed by atoms with van der Waals surface area (Å²) >= 11 is 0. The number of carbonyl (C=O) groups is 1. The van der Waals surface area contributed by atoms with E-state index in [2.05, 4.69) is 15.0 Å². The molecule has 0 radical (unpaired) electrons. The van der Waals surface area contributed by atoms with Crippen molar-refractivity contribution in [3.05, 3.63) is 65.9 Å². The maximum absolute atomic E-state index is 13.4. The van der Waals surface area contributed by atoms with Gasteiger partial charge in [0, 0.05) is 49.9 Å². The zero-order valence-electron chi connectivity index (χ0n) is 15.3. The summed E-state index contributed by atoms with van der Waals surface area (Å²) in [6.07, 6.45) is 6.60. The van der Waals surface area contributed by atoms with Gasteiger partial charge in [0.2, 0.25) is 0 Å². The van der Waals surface area contributed by atoms with Crippen LogP contribution in [-0.2, 0) is 13.5 Å². The smallest absolute Gasteiger partial charge is 0.254 e. The molecule has 4 rings (SSSR count). The average Bonchev–Trinajstić information content (AvgIpc) is 3.29. The second-order valence-corrected chi connectivity index (χ2v) is 7.02. The Morgan fingerprint density at radius 2 is 1.93 bits per heavy atom. The summed E-state index contributed by atoms with van der Waals surface area (Å²) in [5.41, 5.74) is 1.67. The molecule has 3 heterocycles. The number of amides is 1. The van der Waals surface area contributed by atoms with Crippen molar-refractivity contribution in [2.24, 2.45) is 13.0 Å². The molecule has 8 heteroatoms. The van der Waals surface area contributed by atoms with Gasteiger partial charge in [-0.2, -0.15) is 0 Å². The summed E-state index contributed by atoms with van der Waals surface area (Å²) in [6.45, 7) is 1.08. The van der Waals surface area contributed by atoms with Gasteiger partial charge in [-0.05, 0) is 37.0 Å². The first-order valence-electron chi connectivity index (χ1n) is 9.03. The number of benzene rings is 1. The summed E-state index contributed by atoms with van der Waals surface area (Å²) in [4.78, 5) is 27.1. The van der Waals surface area contributed by atoms with Crippen LogP contribution >= 0.6 is 0 Å². The van der Waals surface area contributed by atoms with Crippen LogP contribution in [0.5, 0.6) is 0 Å². The second-order valence-electron chi connectivity index (χ2n) is 7.02. The van der Waals surface area contributed by atoms with Crippen LogP contribution in [-0.4, -0.2) is 43.4 Å². The van der Waals surface area contributed by atoms with Crippen molar-refractivity contribution in [3.63, 3.8) is 0 Å². The summed E-state index contributed by atoms with van der Waals surface area (Å²) in [6, 6.07) is 4.82. The van der Waals surface area contributed by atoms with E-state index in [-0.39, 0.29) is 17.4 Å². The summed E-state index contributed by atoms with van der Waals surface area (Å²) in [5.74, 6) is -0.854. The van der Waals surface area contributed by atoms with Crippen LogP contribution in [0.25, 0.3) is 11.5 Å². The average molecular weight is 383 g/mol. The Morgan fingerprint density at radius 3 is 2.64 bits per heavy atom. The molecular formula is C20H19F2N5O. The standard InChI is InChI=1S/C20H19F2N5O/c1-26-5-3-23-19(26)18-10-17(24-12-25-18)6-13-2-4-27(11-13)20(28)14-7-15(21)9-16(22)8-14/h3,5,7-10,12-13H,2,4,6,11H2,1H3/t13-/m0/s1. The monoisotopic (exact) mass is 383 g/mol. The number of hydrogen-bond acceptors (Lipinski definition) is 4. The van der Waals surface area contributed by atoms with Gasteiger partial charge in [-0.1, -0.05) is 0 Å².